The molecule has 2 heteroatoms. The van der Waals surface area contributed by atoms with Gasteiger partial charge in [0.05, 0.1) is 12.2 Å². The van der Waals surface area contributed by atoms with Crippen LogP contribution in [0.4, 0.5) is 0 Å². The lowest BCUT2D eigenvalue weighted by Crippen LogP contribution is -2.23. The molecule has 0 radical (unpaired) electrons. The minimum Gasteiger partial charge on any atom is -0.390 e. The molecule has 0 spiro atoms. The van der Waals surface area contributed by atoms with Gasteiger partial charge < -0.3 is 10.2 Å². The first kappa shape index (κ1) is 7.92. The summed E-state index contributed by atoms with van der Waals surface area (Å²) in [6.45, 7) is 3.70. The fraction of sp³-hybridized carbons (Fsp3) is 1.00. The summed E-state index contributed by atoms with van der Waals surface area (Å²) in [6, 6.07) is 0. The molecule has 0 saturated heterocycles. The Morgan fingerprint density at radius 2 is 1.25 bits per heavy atom. The highest BCUT2D eigenvalue weighted by Gasteiger charge is 2.09. The monoisotopic (exact) mass is 118 g/mol. The highest BCUT2D eigenvalue weighted by atomic mass is 16.3. The molecule has 50 valence electrons. The number of hydrogen-bond acceptors (Lipinski definition) is 2. The third-order valence-corrected chi connectivity index (χ3v) is 1.28. The van der Waals surface area contributed by atoms with Gasteiger partial charge in [0.1, 0.15) is 0 Å². The van der Waals surface area contributed by atoms with E-state index < -0.39 is 12.2 Å². The van der Waals surface area contributed by atoms with Crippen LogP contribution in [0.3, 0.4) is 0 Å². The van der Waals surface area contributed by atoms with E-state index in [0.29, 0.717) is 12.8 Å². The SMILES string of the molecule is CC[C@@H](O)[C@@H](O)CC. The zero-order chi connectivity index (χ0) is 6.57. The Hall–Kier alpha value is -0.0800. The second-order valence-electron chi connectivity index (χ2n) is 1.95. The number of aliphatic hydroxyl groups excluding tert-OH is 2. The van der Waals surface area contributed by atoms with Gasteiger partial charge in [-0.25, -0.2) is 0 Å². The average molecular weight is 118 g/mol. The molecule has 0 aliphatic rings. The first-order chi connectivity index (χ1) is 3.72. The van der Waals surface area contributed by atoms with Crippen molar-refractivity contribution in [1.82, 2.24) is 0 Å². The Morgan fingerprint density at radius 3 is 1.38 bits per heavy atom. The van der Waals surface area contributed by atoms with E-state index in [1.807, 2.05) is 13.8 Å². The summed E-state index contributed by atoms with van der Waals surface area (Å²) in [5.74, 6) is 0. The van der Waals surface area contributed by atoms with Gasteiger partial charge in [0, 0.05) is 0 Å². The minimum atomic E-state index is -0.528. The minimum absolute atomic E-state index is 0.528. The van der Waals surface area contributed by atoms with Crippen LogP contribution < -0.4 is 0 Å². The van der Waals surface area contributed by atoms with Crippen molar-refractivity contribution in [2.75, 3.05) is 0 Å². The van der Waals surface area contributed by atoms with Gasteiger partial charge in [-0.05, 0) is 12.8 Å². The van der Waals surface area contributed by atoms with Gasteiger partial charge in [-0.3, -0.25) is 0 Å². The van der Waals surface area contributed by atoms with Crippen LogP contribution in [0.2, 0.25) is 0 Å². The quantitative estimate of drug-likeness (QED) is 0.567. The zero-order valence-electron chi connectivity index (χ0n) is 5.46. The maximum Gasteiger partial charge on any atom is 0.0796 e. The van der Waals surface area contributed by atoms with E-state index in [9.17, 15) is 0 Å². The van der Waals surface area contributed by atoms with Gasteiger partial charge in [-0.1, -0.05) is 13.8 Å². The molecule has 0 heterocycles. The van der Waals surface area contributed by atoms with E-state index in [1.165, 1.54) is 0 Å². The molecule has 8 heavy (non-hydrogen) atoms. The number of rotatable bonds is 3. The molecule has 0 aliphatic carbocycles. The highest BCUT2D eigenvalue weighted by molar-refractivity contribution is 4.61. The summed E-state index contributed by atoms with van der Waals surface area (Å²) in [6.07, 6.45) is 0.212. The van der Waals surface area contributed by atoms with E-state index in [-0.39, 0.29) is 0 Å². The smallest absolute Gasteiger partial charge is 0.0796 e. The van der Waals surface area contributed by atoms with Gasteiger partial charge in [-0.2, -0.15) is 0 Å². The largest absolute Gasteiger partial charge is 0.390 e. The normalized spacial score (nSPS) is 18.0. The van der Waals surface area contributed by atoms with Crippen LogP contribution in [0.15, 0.2) is 0 Å². The summed E-state index contributed by atoms with van der Waals surface area (Å²) in [7, 11) is 0. The van der Waals surface area contributed by atoms with Gasteiger partial charge in [-0.15, -0.1) is 0 Å². The van der Waals surface area contributed by atoms with Crippen LogP contribution >= 0.6 is 0 Å². The van der Waals surface area contributed by atoms with Crippen LogP contribution in [-0.2, 0) is 0 Å². The molecule has 0 amide bonds. The Labute approximate surface area is 50.2 Å². The third-order valence-electron chi connectivity index (χ3n) is 1.28. The van der Waals surface area contributed by atoms with Crippen molar-refractivity contribution in [3.05, 3.63) is 0 Å². The van der Waals surface area contributed by atoms with Crippen LogP contribution in [0.5, 0.6) is 0 Å². The van der Waals surface area contributed by atoms with E-state index in [2.05, 4.69) is 0 Å². The summed E-state index contributed by atoms with van der Waals surface area (Å²) >= 11 is 0. The fourth-order valence-electron chi connectivity index (χ4n) is 0.544. The first-order valence-corrected chi connectivity index (χ1v) is 3.08. The lowest BCUT2D eigenvalue weighted by Gasteiger charge is -2.12. The van der Waals surface area contributed by atoms with E-state index >= 15 is 0 Å². The van der Waals surface area contributed by atoms with E-state index in [1.54, 1.807) is 0 Å². The van der Waals surface area contributed by atoms with Crippen molar-refractivity contribution in [2.24, 2.45) is 0 Å². The summed E-state index contributed by atoms with van der Waals surface area (Å²) in [5, 5.41) is 17.8. The van der Waals surface area contributed by atoms with Crippen LogP contribution in [0.25, 0.3) is 0 Å². The van der Waals surface area contributed by atoms with Gasteiger partial charge in [0.15, 0.2) is 0 Å². The molecule has 2 N–H and O–H groups in total. The summed E-state index contributed by atoms with van der Waals surface area (Å²) in [4.78, 5) is 0. The van der Waals surface area contributed by atoms with Crippen molar-refractivity contribution in [3.63, 3.8) is 0 Å². The molecule has 2 nitrogen and oxygen atoms in total. The first-order valence-electron chi connectivity index (χ1n) is 3.08. The Kier molecular flexibility index (Phi) is 3.83. The highest BCUT2D eigenvalue weighted by Crippen LogP contribution is 2.00. The molecule has 2 atom stereocenters. The van der Waals surface area contributed by atoms with E-state index in [4.69, 9.17) is 10.2 Å². The summed E-state index contributed by atoms with van der Waals surface area (Å²) in [5.41, 5.74) is 0. The molecular formula is C6H14O2. The maximum atomic E-state index is 8.88. The van der Waals surface area contributed by atoms with Gasteiger partial charge in [0.2, 0.25) is 0 Å². The van der Waals surface area contributed by atoms with Gasteiger partial charge in [0.25, 0.3) is 0 Å². The molecule has 0 saturated carbocycles. The predicted molar refractivity (Wildman–Crippen MR) is 32.6 cm³/mol. The second-order valence-corrected chi connectivity index (χ2v) is 1.95. The van der Waals surface area contributed by atoms with Crippen molar-refractivity contribution in [2.45, 2.75) is 38.9 Å². The third kappa shape index (κ3) is 2.28. The van der Waals surface area contributed by atoms with Gasteiger partial charge >= 0.3 is 0 Å². The fourth-order valence-corrected chi connectivity index (χ4v) is 0.544. The molecule has 0 aromatic rings. The Morgan fingerprint density at radius 1 is 1.00 bits per heavy atom. The Balaban J connectivity index is 3.29. The molecule has 0 aromatic heterocycles. The average Bonchev–Trinajstić information content (AvgIpc) is 1.84. The second kappa shape index (κ2) is 3.87. The molecule has 0 bridgehead atoms. The maximum absolute atomic E-state index is 8.88. The van der Waals surface area contributed by atoms with Crippen molar-refractivity contribution >= 4 is 0 Å². The van der Waals surface area contributed by atoms with Crippen molar-refractivity contribution < 1.29 is 10.2 Å². The molecule has 0 fully saturated rings. The lowest BCUT2D eigenvalue weighted by molar-refractivity contribution is 0.0157. The molecular weight excluding hydrogens is 104 g/mol. The van der Waals surface area contributed by atoms with Crippen LogP contribution in [0.1, 0.15) is 26.7 Å². The standard InChI is InChI=1S/C6H14O2/c1-3-5(7)6(8)4-2/h5-8H,3-4H2,1-2H3/t5-,6+. The molecule has 0 aliphatic heterocycles. The number of aliphatic hydroxyl groups is 2. The predicted octanol–water partition coefficient (Wildman–Crippen LogP) is 0.528. The van der Waals surface area contributed by atoms with Crippen molar-refractivity contribution in [1.29, 1.82) is 0 Å². The van der Waals surface area contributed by atoms with Crippen LogP contribution in [-0.4, -0.2) is 22.4 Å². The Bertz CT molecular complexity index is 46.5. The number of hydrogen-bond donors (Lipinski definition) is 2. The molecule has 0 aromatic carbocycles. The topological polar surface area (TPSA) is 40.5 Å². The van der Waals surface area contributed by atoms with E-state index in [0.717, 1.165) is 0 Å². The van der Waals surface area contributed by atoms with Crippen LogP contribution in [0, 0.1) is 0 Å². The molecule has 0 rings (SSSR count). The zero-order valence-corrected chi connectivity index (χ0v) is 5.46. The lowest BCUT2D eigenvalue weighted by atomic mass is 10.1. The molecule has 0 unspecified atom stereocenters. The van der Waals surface area contributed by atoms with Crippen molar-refractivity contribution in [3.8, 4) is 0 Å². The summed E-state index contributed by atoms with van der Waals surface area (Å²) < 4.78 is 0.